The SMILES string of the molecule is Clc1ccc(N=c2scc(-c3ccco3)n2CCCn2ccnc2)cc1Cl. The van der Waals surface area contributed by atoms with E-state index in [1.807, 2.05) is 30.7 Å². The first-order chi connectivity index (χ1) is 13.2. The summed E-state index contributed by atoms with van der Waals surface area (Å²) in [5.41, 5.74) is 1.77. The molecular weight excluding hydrogens is 403 g/mol. The Bertz CT molecular complexity index is 1080. The van der Waals surface area contributed by atoms with Gasteiger partial charge in [-0.15, -0.1) is 11.3 Å². The van der Waals surface area contributed by atoms with Gasteiger partial charge < -0.3 is 13.6 Å². The van der Waals surface area contributed by atoms with Crippen LogP contribution in [0.1, 0.15) is 6.42 Å². The van der Waals surface area contributed by atoms with Crippen LogP contribution in [0.25, 0.3) is 11.5 Å². The predicted octanol–water partition coefficient (Wildman–Crippen LogP) is 5.64. The second-order valence-corrected chi connectivity index (χ2v) is 7.55. The summed E-state index contributed by atoms with van der Waals surface area (Å²) in [6.07, 6.45) is 8.20. The first-order valence-corrected chi connectivity index (χ1v) is 10.0. The molecule has 0 saturated heterocycles. The van der Waals surface area contributed by atoms with Crippen molar-refractivity contribution in [2.45, 2.75) is 19.5 Å². The van der Waals surface area contributed by atoms with Gasteiger partial charge in [-0.25, -0.2) is 9.98 Å². The number of rotatable bonds is 6. The molecular formula is C19H16Cl2N4OS. The van der Waals surface area contributed by atoms with Gasteiger partial charge in [-0.05, 0) is 36.8 Å². The van der Waals surface area contributed by atoms with Crippen molar-refractivity contribution in [3.63, 3.8) is 0 Å². The monoisotopic (exact) mass is 418 g/mol. The van der Waals surface area contributed by atoms with E-state index >= 15 is 0 Å². The van der Waals surface area contributed by atoms with Gasteiger partial charge in [0.05, 0.1) is 34.0 Å². The van der Waals surface area contributed by atoms with Gasteiger partial charge in [-0.1, -0.05) is 23.2 Å². The van der Waals surface area contributed by atoms with E-state index in [2.05, 4.69) is 19.5 Å². The standard InChI is InChI=1S/C19H16Cl2N4OS/c20-15-5-4-14(11-16(15)21)23-19-25(8-2-7-24-9-6-22-13-24)17(12-27-19)18-3-1-10-26-18/h1,3-6,9-13H,2,7-8H2. The molecule has 3 aromatic heterocycles. The molecule has 1 aromatic carbocycles. The number of hydrogen-bond donors (Lipinski definition) is 0. The van der Waals surface area contributed by atoms with Gasteiger partial charge in [0.15, 0.2) is 10.6 Å². The molecule has 0 spiro atoms. The van der Waals surface area contributed by atoms with Gasteiger partial charge in [0.1, 0.15) is 0 Å². The van der Waals surface area contributed by atoms with E-state index in [1.54, 1.807) is 35.9 Å². The Labute approximate surface area is 170 Å². The minimum absolute atomic E-state index is 0.493. The zero-order chi connectivity index (χ0) is 18.6. The lowest BCUT2D eigenvalue weighted by Gasteiger charge is -2.08. The molecule has 0 N–H and O–H groups in total. The summed E-state index contributed by atoms with van der Waals surface area (Å²) < 4.78 is 9.84. The molecule has 4 rings (SSSR count). The molecule has 0 aliphatic carbocycles. The highest BCUT2D eigenvalue weighted by Crippen LogP contribution is 2.27. The lowest BCUT2D eigenvalue weighted by atomic mass is 10.3. The van der Waals surface area contributed by atoms with Crippen LogP contribution in [-0.4, -0.2) is 14.1 Å². The molecule has 3 heterocycles. The van der Waals surface area contributed by atoms with Gasteiger partial charge in [-0.2, -0.15) is 0 Å². The van der Waals surface area contributed by atoms with Crippen LogP contribution >= 0.6 is 34.5 Å². The average Bonchev–Trinajstić information content (AvgIpc) is 3.41. The van der Waals surface area contributed by atoms with E-state index in [9.17, 15) is 0 Å². The number of furan rings is 1. The van der Waals surface area contributed by atoms with Crippen molar-refractivity contribution in [2.75, 3.05) is 0 Å². The van der Waals surface area contributed by atoms with Crippen molar-refractivity contribution < 1.29 is 4.42 Å². The Hall–Kier alpha value is -2.28. The van der Waals surface area contributed by atoms with Crippen molar-refractivity contribution in [3.05, 3.63) is 75.5 Å². The van der Waals surface area contributed by atoms with E-state index in [-0.39, 0.29) is 0 Å². The fourth-order valence-corrected chi connectivity index (χ4v) is 3.98. The highest BCUT2D eigenvalue weighted by Gasteiger charge is 2.11. The average molecular weight is 419 g/mol. The number of nitrogens with zero attached hydrogens (tertiary/aromatic N) is 4. The number of thiazole rings is 1. The van der Waals surface area contributed by atoms with Crippen LogP contribution in [0.2, 0.25) is 10.0 Å². The van der Waals surface area contributed by atoms with Crippen molar-refractivity contribution in [2.24, 2.45) is 4.99 Å². The molecule has 27 heavy (non-hydrogen) atoms. The highest BCUT2D eigenvalue weighted by molar-refractivity contribution is 7.07. The third kappa shape index (κ3) is 4.18. The Kier molecular flexibility index (Phi) is 5.48. The summed E-state index contributed by atoms with van der Waals surface area (Å²) in [6, 6.07) is 9.23. The minimum Gasteiger partial charge on any atom is -0.463 e. The molecule has 138 valence electrons. The quantitative estimate of drug-likeness (QED) is 0.406. The number of aromatic nitrogens is 3. The topological polar surface area (TPSA) is 48.2 Å². The Morgan fingerprint density at radius 3 is 2.81 bits per heavy atom. The fourth-order valence-electron chi connectivity index (χ4n) is 2.75. The van der Waals surface area contributed by atoms with Gasteiger partial charge in [0.2, 0.25) is 0 Å². The van der Waals surface area contributed by atoms with Crippen molar-refractivity contribution in [1.29, 1.82) is 0 Å². The molecule has 0 aliphatic heterocycles. The molecule has 8 heteroatoms. The third-order valence-corrected chi connectivity index (χ3v) is 5.66. The summed E-state index contributed by atoms with van der Waals surface area (Å²) in [5.74, 6) is 0.824. The summed E-state index contributed by atoms with van der Waals surface area (Å²) in [7, 11) is 0. The Balaban J connectivity index is 1.67. The predicted molar refractivity (Wildman–Crippen MR) is 109 cm³/mol. The largest absolute Gasteiger partial charge is 0.463 e. The smallest absolute Gasteiger partial charge is 0.190 e. The van der Waals surface area contributed by atoms with Gasteiger partial charge in [0, 0.05) is 30.9 Å². The summed E-state index contributed by atoms with van der Waals surface area (Å²) in [4.78, 5) is 9.73. The molecule has 0 amide bonds. The van der Waals surface area contributed by atoms with E-state index in [1.165, 1.54) is 0 Å². The molecule has 0 aliphatic rings. The van der Waals surface area contributed by atoms with E-state index < -0.39 is 0 Å². The maximum Gasteiger partial charge on any atom is 0.190 e. The van der Waals surface area contributed by atoms with Crippen LogP contribution in [0.15, 0.2) is 70.1 Å². The zero-order valence-electron chi connectivity index (χ0n) is 14.3. The minimum atomic E-state index is 0.493. The molecule has 0 saturated carbocycles. The summed E-state index contributed by atoms with van der Waals surface area (Å²) in [5, 5.41) is 3.07. The van der Waals surface area contributed by atoms with Crippen LogP contribution in [0.5, 0.6) is 0 Å². The maximum absolute atomic E-state index is 6.13. The second-order valence-electron chi connectivity index (χ2n) is 5.90. The number of imidazole rings is 1. The third-order valence-electron chi connectivity index (χ3n) is 4.06. The number of halogens is 2. The van der Waals surface area contributed by atoms with Crippen LogP contribution < -0.4 is 4.80 Å². The molecule has 0 bridgehead atoms. The molecule has 5 nitrogen and oxygen atoms in total. The van der Waals surface area contributed by atoms with Gasteiger partial charge in [0.25, 0.3) is 0 Å². The number of benzene rings is 1. The van der Waals surface area contributed by atoms with Crippen LogP contribution in [0, 0.1) is 0 Å². The van der Waals surface area contributed by atoms with E-state index in [0.29, 0.717) is 10.0 Å². The lowest BCUT2D eigenvalue weighted by Crippen LogP contribution is -2.17. The summed E-state index contributed by atoms with van der Waals surface area (Å²) >= 11 is 13.7. The lowest BCUT2D eigenvalue weighted by molar-refractivity contribution is 0.541. The fraction of sp³-hybridized carbons (Fsp3) is 0.158. The molecule has 0 unspecified atom stereocenters. The zero-order valence-corrected chi connectivity index (χ0v) is 16.6. The molecule has 0 radical (unpaired) electrons. The summed E-state index contributed by atoms with van der Waals surface area (Å²) in [6.45, 7) is 1.69. The molecule has 0 fully saturated rings. The normalized spacial score (nSPS) is 12.0. The first kappa shape index (κ1) is 18.1. The Morgan fingerprint density at radius 1 is 1.15 bits per heavy atom. The van der Waals surface area contributed by atoms with Crippen LogP contribution in [0.4, 0.5) is 5.69 Å². The van der Waals surface area contributed by atoms with Crippen LogP contribution in [-0.2, 0) is 13.1 Å². The van der Waals surface area contributed by atoms with E-state index in [4.69, 9.17) is 32.6 Å². The maximum atomic E-state index is 6.13. The number of aryl methyl sites for hydroxylation is 1. The van der Waals surface area contributed by atoms with Gasteiger partial charge >= 0.3 is 0 Å². The van der Waals surface area contributed by atoms with E-state index in [0.717, 1.165) is 41.5 Å². The van der Waals surface area contributed by atoms with Crippen molar-refractivity contribution in [3.8, 4) is 11.5 Å². The second kappa shape index (κ2) is 8.17. The van der Waals surface area contributed by atoms with Crippen molar-refractivity contribution >= 4 is 40.2 Å². The Morgan fingerprint density at radius 2 is 2.07 bits per heavy atom. The highest BCUT2D eigenvalue weighted by atomic mass is 35.5. The molecule has 0 atom stereocenters. The number of hydrogen-bond acceptors (Lipinski definition) is 4. The first-order valence-electron chi connectivity index (χ1n) is 8.38. The molecule has 4 aromatic rings. The van der Waals surface area contributed by atoms with Crippen molar-refractivity contribution in [1.82, 2.24) is 14.1 Å². The van der Waals surface area contributed by atoms with Gasteiger partial charge in [-0.3, -0.25) is 0 Å². The van der Waals surface area contributed by atoms with Crippen LogP contribution in [0.3, 0.4) is 0 Å².